The van der Waals surface area contributed by atoms with E-state index in [1.165, 1.54) is 16.8 Å². The Balaban J connectivity index is 2.10. The van der Waals surface area contributed by atoms with Gasteiger partial charge in [0.25, 0.3) is 5.91 Å². The van der Waals surface area contributed by atoms with Gasteiger partial charge in [0.15, 0.2) is 10.4 Å². The highest BCUT2D eigenvalue weighted by molar-refractivity contribution is 9.10. The highest BCUT2D eigenvalue weighted by Gasteiger charge is 2.11. The Morgan fingerprint density at radius 3 is 3.00 bits per heavy atom. The number of hydrogen-bond acceptors (Lipinski definition) is 5. The quantitative estimate of drug-likeness (QED) is 0.911. The highest BCUT2D eigenvalue weighted by Crippen LogP contribution is 2.16. The first-order valence-corrected chi connectivity index (χ1v) is 5.26. The molecule has 0 aliphatic heterocycles. The zero-order chi connectivity index (χ0) is 9.97. The normalized spacial score (nSPS) is 10.1. The lowest BCUT2D eigenvalue weighted by Gasteiger charge is -1.95. The fourth-order valence-corrected chi connectivity index (χ4v) is 1.57. The van der Waals surface area contributed by atoms with Crippen molar-refractivity contribution in [2.75, 3.05) is 5.32 Å². The summed E-state index contributed by atoms with van der Waals surface area (Å²) >= 11 is 4.35. The smallest absolute Gasteiger partial charge is 0.293 e. The number of nitrogens with one attached hydrogen (secondary N) is 1. The molecular formula is C7H4BrN3O2S. The van der Waals surface area contributed by atoms with Gasteiger partial charge in [-0.15, -0.1) is 10.2 Å². The van der Waals surface area contributed by atoms with Gasteiger partial charge in [-0.25, -0.2) is 0 Å². The molecule has 5 nitrogen and oxygen atoms in total. The minimum absolute atomic E-state index is 0.229. The maximum Gasteiger partial charge on any atom is 0.293 e. The van der Waals surface area contributed by atoms with Gasteiger partial charge in [-0.2, -0.15) is 0 Å². The molecule has 0 atom stereocenters. The average molecular weight is 274 g/mol. The summed E-state index contributed by atoms with van der Waals surface area (Å²) in [6.45, 7) is 0. The van der Waals surface area contributed by atoms with Gasteiger partial charge in [-0.3, -0.25) is 10.1 Å². The van der Waals surface area contributed by atoms with E-state index >= 15 is 0 Å². The molecule has 0 radical (unpaired) electrons. The molecule has 14 heavy (non-hydrogen) atoms. The zero-order valence-corrected chi connectivity index (χ0v) is 9.13. The van der Waals surface area contributed by atoms with Gasteiger partial charge in [0.05, 0.1) is 0 Å². The molecule has 72 valence electrons. The Labute approximate surface area is 91.3 Å². The van der Waals surface area contributed by atoms with Gasteiger partial charge < -0.3 is 4.42 Å². The highest BCUT2D eigenvalue weighted by atomic mass is 79.9. The van der Waals surface area contributed by atoms with E-state index in [0.29, 0.717) is 9.80 Å². The Hall–Kier alpha value is -1.21. The number of carbonyl (C=O) groups is 1. The van der Waals surface area contributed by atoms with Gasteiger partial charge in [0.1, 0.15) is 5.51 Å². The molecule has 0 aliphatic carbocycles. The number of carbonyl (C=O) groups excluding carboxylic acids is 1. The molecule has 0 saturated carbocycles. The molecule has 0 bridgehead atoms. The topological polar surface area (TPSA) is 68.0 Å². The molecule has 0 spiro atoms. The van der Waals surface area contributed by atoms with Gasteiger partial charge in [0.2, 0.25) is 5.13 Å². The van der Waals surface area contributed by atoms with Gasteiger partial charge in [-0.1, -0.05) is 11.3 Å². The van der Waals surface area contributed by atoms with Crippen LogP contribution < -0.4 is 5.32 Å². The van der Waals surface area contributed by atoms with E-state index in [9.17, 15) is 4.79 Å². The molecule has 0 unspecified atom stereocenters. The number of hydrogen-bond donors (Lipinski definition) is 1. The van der Waals surface area contributed by atoms with Crippen molar-refractivity contribution in [1.29, 1.82) is 0 Å². The van der Waals surface area contributed by atoms with Crippen LogP contribution in [0.1, 0.15) is 10.6 Å². The van der Waals surface area contributed by atoms with E-state index in [1.54, 1.807) is 12.1 Å². The van der Waals surface area contributed by atoms with Crippen LogP contribution >= 0.6 is 27.3 Å². The molecule has 2 rings (SSSR count). The van der Waals surface area contributed by atoms with E-state index in [4.69, 9.17) is 4.42 Å². The first kappa shape index (κ1) is 9.35. The SMILES string of the molecule is O=C(Nc1nncs1)c1ccc(Br)o1. The second kappa shape index (κ2) is 3.89. The Bertz CT molecular complexity index is 439. The van der Waals surface area contributed by atoms with Crippen molar-refractivity contribution in [3.8, 4) is 0 Å². The van der Waals surface area contributed by atoms with Crippen molar-refractivity contribution in [1.82, 2.24) is 10.2 Å². The van der Waals surface area contributed by atoms with Crippen molar-refractivity contribution in [3.05, 3.63) is 28.1 Å². The van der Waals surface area contributed by atoms with E-state index in [-0.39, 0.29) is 11.7 Å². The number of aromatic nitrogens is 2. The van der Waals surface area contributed by atoms with Crippen molar-refractivity contribution in [2.24, 2.45) is 0 Å². The fourth-order valence-electron chi connectivity index (χ4n) is 0.823. The third kappa shape index (κ3) is 1.99. The maximum absolute atomic E-state index is 11.4. The van der Waals surface area contributed by atoms with Crippen LogP contribution in [0.15, 0.2) is 26.7 Å². The largest absolute Gasteiger partial charge is 0.444 e. The lowest BCUT2D eigenvalue weighted by molar-refractivity contribution is 0.0995. The number of amides is 1. The third-order valence-electron chi connectivity index (χ3n) is 1.38. The molecule has 2 aromatic heterocycles. The van der Waals surface area contributed by atoms with Crippen LogP contribution in [0.5, 0.6) is 0 Å². The monoisotopic (exact) mass is 273 g/mol. The standard InChI is InChI=1S/C7H4BrN3O2S/c8-5-2-1-4(13-5)6(12)10-7-11-9-3-14-7/h1-3H,(H,10,11,12). The first-order valence-electron chi connectivity index (χ1n) is 3.58. The number of nitrogens with zero attached hydrogens (tertiary/aromatic N) is 2. The van der Waals surface area contributed by atoms with Gasteiger partial charge >= 0.3 is 0 Å². The van der Waals surface area contributed by atoms with E-state index in [2.05, 4.69) is 31.4 Å². The van der Waals surface area contributed by atoms with Gasteiger partial charge in [-0.05, 0) is 28.1 Å². The second-order valence-electron chi connectivity index (χ2n) is 2.30. The second-order valence-corrected chi connectivity index (χ2v) is 3.92. The van der Waals surface area contributed by atoms with Crippen molar-refractivity contribution >= 4 is 38.3 Å². The summed E-state index contributed by atoms with van der Waals surface area (Å²) in [6, 6.07) is 3.22. The van der Waals surface area contributed by atoms with Crippen LogP contribution in [0.2, 0.25) is 0 Å². The number of anilines is 1. The Kier molecular flexibility index (Phi) is 2.60. The minimum Gasteiger partial charge on any atom is -0.444 e. The molecule has 2 heterocycles. The van der Waals surface area contributed by atoms with Gasteiger partial charge in [0, 0.05) is 0 Å². The van der Waals surface area contributed by atoms with E-state index in [0.717, 1.165) is 0 Å². The summed E-state index contributed by atoms with van der Waals surface area (Å²) in [7, 11) is 0. The summed E-state index contributed by atoms with van der Waals surface area (Å²) in [6.07, 6.45) is 0. The molecule has 1 amide bonds. The molecule has 7 heteroatoms. The van der Waals surface area contributed by atoms with Crippen LogP contribution in [0.4, 0.5) is 5.13 Å². The average Bonchev–Trinajstić information content (AvgIpc) is 2.75. The van der Waals surface area contributed by atoms with Crippen molar-refractivity contribution in [2.45, 2.75) is 0 Å². The summed E-state index contributed by atoms with van der Waals surface area (Å²) in [4.78, 5) is 11.4. The molecule has 0 saturated heterocycles. The summed E-state index contributed by atoms with van der Waals surface area (Å²) in [5.74, 6) is -0.112. The molecule has 0 aromatic carbocycles. The number of rotatable bonds is 2. The molecule has 2 aromatic rings. The molecule has 0 aliphatic rings. The number of halogens is 1. The van der Waals surface area contributed by atoms with Crippen LogP contribution in [0, 0.1) is 0 Å². The summed E-state index contributed by atoms with van der Waals surface area (Å²) in [5, 5.41) is 10.2. The summed E-state index contributed by atoms with van der Waals surface area (Å²) < 4.78 is 5.57. The zero-order valence-electron chi connectivity index (χ0n) is 6.73. The number of furan rings is 1. The van der Waals surface area contributed by atoms with E-state index < -0.39 is 0 Å². The lowest BCUT2D eigenvalue weighted by Crippen LogP contribution is -2.10. The Morgan fingerprint density at radius 1 is 1.57 bits per heavy atom. The lowest BCUT2D eigenvalue weighted by atomic mass is 10.4. The maximum atomic E-state index is 11.4. The van der Waals surface area contributed by atoms with Crippen molar-refractivity contribution < 1.29 is 9.21 Å². The van der Waals surface area contributed by atoms with Crippen LogP contribution in [0.25, 0.3) is 0 Å². The predicted octanol–water partition coefficient (Wildman–Crippen LogP) is 2.15. The fraction of sp³-hybridized carbons (Fsp3) is 0. The van der Waals surface area contributed by atoms with Crippen LogP contribution in [-0.4, -0.2) is 16.1 Å². The summed E-state index contributed by atoms with van der Waals surface area (Å²) in [5.41, 5.74) is 1.54. The minimum atomic E-state index is -0.340. The van der Waals surface area contributed by atoms with Crippen LogP contribution in [0.3, 0.4) is 0 Å². The molecule has 0 fully saturated rings. The van der Waals surface area contributed by atoms with Crippen LogP contribution in [-0.2, 0) is 0 Å². The first-order chi connectivity index (χ1) is 6.75. The predicted molar refractivity (Wildman–Crippen MR) is 54.3 cm³/mol. The molecular weight excluding hydrogens is 270 g/mol. The Morgan fingerprint density at radius 2 is 2.43 bits per heavy atom. The van der Waals surface area contributed by atoms with Crippen molar-refractivity contribution in [3.63, 3.8) is 0 Å². The third-order valence-corrected chi connectivity index (χ3v) is 2.41. The molecule has 1 N–H and O–H groups in total. The van der Waals surface area contributed by atoms with E-state index in [1.807, 2.05) is 0 Å².